The summed E-state index contributed by atoms with van der Waals surface area (Å²) in [5.41, 5.74) is 6.36. The van der Waals surface area contributed by atoms with Gasteiger partial charge in [0.25, 0.3) is 0 Å². The Hall–Kier alpha value is -4.64. The molecule has 0 aliphatic carbocycles. The van der Waals surface area contributed by atoms with E-state index in [1.807, 2.05) is 30.3 Å². The van der Waals surface area contributed by atoms with Crippen molar-refractivity contribution in [3.05, 3.63) is 114 Å². The maximum atomic E-state index is 11.2. The molecule has 162 valence electrons. The molecule has 0 saturated heterocycles. The number of aliphatic hydroxyl groups is 1. The summed E-state index contributed by atoms with van der Waals surface area (Å²) < 4.78 is 0. The molecule has 0 unspecified atom stereocenters. The van der Waals surface area contributed by atoms with Gasteiger partial charge in [0.05, 0.1) is 11.1 Å². The van der Waals surface area contributed by atoms with Gasteiger partial charge in [-0.2, -0.15) is 0 Å². The first-order valence-electron chi connectivity index (χ1n) is 10.1. The zero-order valence-electron chi connectivity index (χ0n) is 17.5. The van der Waals surface area contributed by atoms with E-state index in [9.17, 15) is 24.9 Å². The molecule has 0 aliphatic heterocycles. The highest BCUT2D eigenvalue weighted by Crippen LogP contribution is 2.33. The van der Waals surface area contributed by atoms with Crippen LogP contribution in [-0.4, -0.2) is 27.3 Å². The van der Waals surface area contributed by atoms with Gasteiger partial charge in [0.1, 0.15) is 5.76 Å². The van der Waals surface area contributed by atoms with Crippen molar-refractivity contribution in [1.82, 2.24) is 0 Å². The normalized spacial score (nSPS) is 10.5. The van der Waals surface area contributed by atoms with E-state index in [0.717, 1.165) is 33.4 Å². The molecular formula is C28H20O5. The molecule has 0 aromatic heterocycles. The fourth-order valence-corrected chi connectivity index (χ4v) is 3.59. The van der Waals surface area contributed by atoms with Crippen LogP contribution in [0.2, 0.25) is 0 Å². The van der Waals surface area contributed by atoms with Crippen LogP contribution in [0.25, 0.3) is 39.1 Å². The summed E-state index contributed by atoms with van der Waals surface area (Å²) in [6.45, 7) is 3.55. The van der Waals surface area contributed by atoms with Crippen molar-refractivity contribution in [3.63, 3.8) is 0 Å². The van der Waals surface area contributed by atoms with Crippen LogP contribution in [0.5, 0.6) is 0 Å². The van der Waals surface area contributed by atoms with Crippen LogP contribution in [0.15, 0.2) is 97.6 Å². The third-order valence-electron chi connectivity index (χ3n) is 5.41. The smallest absolute Gasteiger partial charge is 0.335 e. The number of carboxylic acid groups (broad SMARTS) is 2. The first kappa shape index (κ1) is 21.6. The first-order valence-corrected chi connectivity index (χ1v) is 10.1. The molecule has 4 aromatic rings. The summed E-state index contributed by atoms with van der Waals surface area (Å²) >= 11 is 0. The van der Waals surface area contributed by atoms with Gasteiger partial charge in [-0.1, -0.05) is 55.1 Å². The molecule has 0 saturated carbocycles. The Morgan fingerprint density at radius 2 is 0.727 bits per heavy atom. The molecule has 0 atom stereocenters. The van der Waals surface area contributed by atoms with Gasteiger partial charge in [-0.15, -0.1) is 0 Å². The molecule has 0 bridgehead atoms. The Balaban J connectivity index is 1.84. The predicted octanol–water partition coefficient (Wildman–Crippen LogP) is 6.61. The molecule has 0 amide bonds. The zero-order chi connectivity index (χ0) is 23.5. The van der Waals surface area contributed by atoms with Gasteiger partial charge in [-0.3, -0.25) is 0 Å². The summed E-state index contributed by atoms with van der Waals surface area (Å²) in [6.07, 6.45) is 0. The zero-order valence-corrected chi connectivity index (χ0v) is 17.5. The van der Waals surface area contributed by atoms with Crippen LogP contribution in [-0.2, 0) is 0 Å². The first-order chi connectivity index (χ1) is 15.8. The molecule has 4 aromatic carbocycles. The van der Waals surface area contributed by atoms with Crippen LogP contribution >= 0.6 is 0 Å². The van der Waals surface area contributed by atoms with Crippen LogP contribution in [0.1, 0.15) is 26.3 Å². The lowest BCUT2D eigenvalue weighted by molar-refractivity contribution is 0.0686. The largest absolute Gasteiger partial charge is 0.508 e. The van der Waals surface area contributed by atoms with Crippen LogP contribution in [0.4, 0.5) is 0 Å². The fourth-order valence-electron chi connectivity index (χ4n) is 3.59. The van der Waals surface area contributed by atoms with Crippen molar-refractivity contribution in [2.75, 3.05) is 0 Å². The molecule has 0 radical (unpaired) electrons. The van der Waals surface area contributed by atoms with Crippen molar-refractivity contribution in [2.24, 2.45) is 0 Å². The number of carboxylic acids is 2. The molecule has 5 nitrogen and oxygen atoms in total. The molecule has 5 heteroatoms. The maximum Gasteiger partial charge on any atom is 0.335 e. The highest BCUT2D eigenvalue weighted by Gasteiger charge is 2.10. The number of rotatable bonds is 6. The second kappa shape index (κ2) is 8.85. The SMILES string of the molecule is C=C(O)c1ccc(-c2cc(-c3ccc(C(=O)O)cc3)cc(-c3ccc(C(=O)O)cc3)c2)cc1. The Morgan fingerprint density at radius 1 is 0.455 bits per heavy atom. The van der Waals surface area contributed by atoms with Crippen molar-refractivity contribution in [1.29, 1.82) is 0 Å². The van der Waals surface area contributed by atoms with E-state index in [2.05, 4.69) is 6.58 Å². The van der Waals surface area contributed by atoms with E-state index in [0.29, 0.717) is 5.56 Å². The van der Waals surface area contributed by atoms with E-state index in [-0.39, 0.29) is 16.9 Å². The van der Waals surface area contributed by atoms with Crippen LogP contribution in [0, 0.1) is 0 Å². The van der Waals surface area contributed by atoms with E-state index in [4.69, 9.17) is 0 Å². The number of carbonyl (C=O) groups is 2. The number of benzene rings is 4. The standard InChI is InChI=1S/C28H20O5/c1-17(29)18-2-4-19(5-3-18)24-14-25(20-6-10-22(11-7-20)27(30)31)16-26(15-24)21-8-12-23(13-9-21)28(32)33/h2-16,29H,1H2,(H,30,31)(H,32,33). The van der Waals surface area contributed by atoms with Gasteiger partial charge in [0.2, 0.25) is 0 Å². The number of hydrogen-bond donors (Lipinski definition) is 3. The van der Waals surface area contributed by atoms with E-state index < -0.39 is 11.9 Å². The number of aliphatic hydroxyl groups excluding tert-OH is 1. The summed E-state index contributed by atoms with van der Waals surface area (Å²) in [7, 11) is 0. The third kappa shape index (κ3) is 4.67. The van der Waals surface area contributed by atoms with Crippen molar-refractivity contribution in [2.45, 2.75) is 0 Å². The molecule has 0 spiro atoms. The Morgan fingerprint density at radius 3 is 0.970 bits per heavy atom. The highest BCUT2D eigenvalue weighted by atomic mass is 16.4. The lowest BCUT2D eigenvalue weighted by Gasteiger charge is -2.12. The Kier molecular flexibility index (Phi) is 5.79. The van der Waals surface area contributed by atoms with Gasteiger partial charge >= 0.3 is 11.9 Å². The molecular weight excluding hydrogens is 416 g/mol. The summed E-state index contributed by atoms with van der Waals surface area (Å²) in [5, 5.41) is 28.0. The third-order valence-corrected chi connectivity index (χ3v) is 5.41. The molecule has 0 heterocycles. The van der Waals surface area contributed by atoms with Gasteiger partial charge in [0.15, 0.2) is 0 Å². The van der Waals surface area contributed by atoms with E-state index in [1.54, 1.807) is 60.7 Å². The van der Waals surface area contributed by atoms with Gasteiger partial charge in [0, 0.05) is 5.56 Å². The maximum absolute atomic E-state index is 11.2. The lowest BCUT2D eigenvalue weighted by atomic mass is 9.92. The number of aromatic carboxylic acids is 2. The van der Waals surface area contributed by atoms with Crippen molar-refractivity contribution in [3.8, 4) is 33.4 Å². The minimum absolute atomic E-state index is 0.00645. The topological polar surface area (TPSA) is 94.8 Å². The van der Waals surface area contributed by atoms with Crippen molar-refractivity contribution >= 4 is 17.7 Å². The minimum atomic E-state index is -0.986. The average molecular weight is 436 g/mol. The molecule has 0 fully saturated rings. The number of hydrogen-bond acceptors (Lipinski definition) is 3. The molecule has 4 rings (SSSR count). The quantitative estimate of drug-likeness (QED) is 0.296. The lowest BCUT2D eigenvalue weighted by Crippen LogP contribution is -1.95. The monoisotopic (exact) mass is 436 g/mol. The van der Waals surface area contributed by atoms with E-state index in [1.165, 1.54) is 0 Å². The second-order valence-electron chi connectivity index (χ2n) is 7.59. The Labute approximate surface area is 190 Å². The highest BCUT2D eigenvalue weighted by molar-refractivity contribution is 5.90. The summed E-state index contributed by atoms with van der Waals surface area (Å²) in [6, 6.07) is 26.7. The van der Waals surface area contributed by atoms with Gasteiger partial charge < -0.3 is 15.3 Å². The van der Waals surface area contributed by atoms with Crippen molar-refractivity contribution < 1.29 is 24.9 Å². The summed E-state index contributed by atoms with van der Waals surface area (Å²) in [4.78, 5) is 22.4. The van der Waals surface area contributed by atoms with Crippen LogP contribution < -0.4 is 0 Å². The molecule has 33 heavy (non-hydrogen) atoms. The van der Waals surface area contributed by atoms with Gasteiger partial charge in [-0.25, -0.2) is 9.59 Å². The molecule has 3 N–H and O–H groups in total. The Bertz CT molecular complexity index is 1170. The second-order valence-corrected chi connectivity index (χ2v) is 7.59. The van der Waals surface area contributed by atoms with Gasteiger partial charge in [-0.05, 0) is 75.8 Å². The molecule has 0 aliphatic rings. The summed E-state index contributed by atoms with van der Waals surface area (Å²) in [5.74, 6) is -1.98. The van der Waals surface area contributed by atoms with Crippen LogP contribution in [0.3, 0.4) is 0 Å². The van der Waals surface area contributed by atoms with E-state index >= 15 is 0 Å². The minimum Gasteiger partial charge on any atom is -0.508 e. The average Bonchev–Trinajstić information content (AvgIpc) is 2.84. The predicted molar refractivity (Wildman–Crippen MR) is 128 cm³/mol. The fraction of sp³-hybridized carbons (Fsp3) is 0.